The number of benzene rings is 11. The minimum Gasteiger partial charge on any atom is -0.310 e. The van der Waals surface area contributed by atoms with Crippen LogP contribution in [-0.2, 0) is 0 Å². The number of rotatable bonds is 10. The lowest BCUT2D eigenvalue weighted by Crippen LogP contribution is -2.10. The van der Waals surface area contributed by atoms with Gasteiger partial charge >= 0.3 is 0 Å². The number of nitrogens with zero attached hydrogens (tertiary/aromatic N) is 2. The highest BCUT2D eigenvalue weighted by Gasteiger charge is 2.30. The van der Waals surface area contributed by atoms with E-state index in [1.165, 1.54) is 121 Å². The Labute approximate surface area is 422 Å². The molecule has 346 valence electrons. The maximum atomic E-state index is 2.46. The van der Waals surface area contributed by atoms with Crippen LogP contribution in [-0.4, -0.2) is 0 Å². The fourth-order valence-electron chi connectivity index (χ4n) is 11.9. The van der Waals surface area contributed by atoms with E-state index < -0.39 is 0 Å². The van der Waals surface area contributed by atoms with E-state index in [0.717, 1.165) is 22.7 Å². The van der Waals surface area contributed by atoms with Crippen molar-refractivity contribution < 1.29 is 0 Å². The first-order chi connectivity index (χ1) is 35.2. The highest BCUT2D eigenvalue weighted by Crippen LogP contribution is 2.57. The zero-order valence-electron chi connectivity index (χ0n) is 41.8. The van der Waals surface area contributed by atoms with E-state index in [1.54, 1.807) is 0 Å². The molecule has 0 spiro atoms. The lowest BCUT2D eigenvalue weighted by molar-refractivity contribution is 0.866. The third-order valence-electron chi connectivity index (χ3n) is 15.4. The molecule has 0 saturated carbocycles. The van der Waals surface area contributed by atoms with E-state index in [2.05, 4.69) is 270 Å². The van der Waals surface area contributed by atoms with Crippen LogP contribution in [0.15, 0.2) is 218 Å². The normalized spacial score (nSPS) is 12.0. The number of hydrogen-bond donors (Lipinski definition) is 0. The third kappa shape index (κ3) is 6.84. The fraction of sp³-hybridized carbons (Fsp3) is 0.114. The van der Waals surface area contributed by atoms with E-state index in [4.69, 9.17) is 0 Å². The van der Waals surface area contributed by atoms with Crippen molar-refractivity contribution >= 4 is 98.8 Å². The summed E-state index contributed by atoms with van der Waals surface area (Å²) in [6.07, 6.45) is 0. The fourth-order valence-corrected chi connectivity index (χ4v) is 11.9. The second kappa shape index (κ2) is 17.1. The van der Waals surface area contributed by atoms with Gasteiger partial charge < -0.3 is 9.80 Å². The van der Waals surface area contributed by atoms with Gasteiger partial charge in [0, 0.05) is 33.5 Å². The van der Waals surface area contributed by atoms with E-state index in [-0.39, 0.29) is 0 Å². The van der Waals surface area contributed by atoms with Gasteiger partial charge in [-0.05, 0) is 174 Å². The zero-order chi connectivity index (χ0) is 48.8. The quantitative estimate of drug-likeness (QED) is 0.135. The first kappa shape index (κ1) is 43.6. The average Bonchev–Trinajstić information content (AvgIpc) is 3.93. The van der Waals surface area contributed by atoms with Crippen LogP contribution in [0.3, 0.4) is 0 Å². The monoisotopic (exact) mass is 924 g/mol. The molecule has 13 aromatic carbocycles. The van der Waals surface area contributed by atoms with Crippen molar-refractivity contribution in [2.45, 2.75) is 53.4 Å². The van der Waals surface area contributed by atoms with Crippen molar-refractivity contribution in [3.8, 4) is 22.3 Å². The summed E-state index contributed by atoms with van der Waals surface area (Å²) in [7, 11) is 0. The van der Waals surface area contributed by atoms with Gasteiger partial charge in [0.15, 0.2) is 0 Å². The van der Waals surface area contributed by atoms with Crippen LogP contribution in [0.25, 0.3) is 86.9 Å². The largest absolute Gasteiger partial charge is 0.310 e. The van der Waals surface area contributed by atoms with E-state index >= 15 is 0 Å². The van der Waals surface area contributed by atoms with Crippen molar-refractivity contribution in [2.24, 2.45) is 0 Å². The van der Waals surface area contributed by atoms with Crippen molar-refractivity contribution in [1.29, 1.82) is 0 Å². The number of hydrogen-bond acceptors (Lipinski definition) is 2. The van der Waals surface area contributed by atoms with Crippen LogP contribution < -0.4 is 9.80 Å². The summed E-state index contributed by atoms with van der Waals surface area (Å²) in [5, 5.41) is 15.4. The van der Waals surface area contributed by atoms with Crippen LogP contribution in [0.1, 0.15) is 61.8 Å². The second-order valence-corrected chi connectivity index (χ2v) is 20.5. The minimum atomic E-state index is 0.448. The smallest absolute Gasteiger partial charge is 0.0540 e. The Hall–Kier alpha value is -8.46. The van der Waals surface area contributed by atoms with Gasteiger partial charge in [0.2, 0.25) is 0 Å². The number of anilines is 6. The standard InChI is InChI=1S/C70H56N2/c1-43(2)47-27-35-53(36-28-47)71(51-31-23-45(5)24-32-51)61-41-39-59-65-55(61)19-13-21-57(65)67-63(49-15-9-7-10-16-49)70-60-40-42-62(72(52-33-25-46(6)26-34-52)54-37-29-48(30-38-54)44(3)4)56-20-14-22-58(66(56)60)68(70)64(69(59)67)50-17-11-8-12-18-50/h7-44H,1-6H3. The Morgan fingerprint density at radius 3 is 0.903 bits per heavy atom. The summed E-state index contributed by atoms with van der Waals surface area (Å²) < 4.78 is 0. The van der Waals surface area contributed by atoms with Gasteiger partial charge in [-0.3, -0.25) is 0 Å². The van der Waals surface area contributed by atoms with Gasteiger partial charge in [0.1, 0.15) is 0 Å². The molecule has 2 heteroatoms. The molecule has 0 radical (unpaired) electrons. The van der Waals surface area contributed by atoms with Crippen LogP contribution in [0, 0.1) is 13.8 Å². The van der Waals surface area contributed by atoms with Gasteiger partial charge in [-0.15, -0.1) is 0 Å². The zero-order valence-corrected chi connectivity index (χ0v) is 41.8. The summed E-state index contributed by atoms with van der Waals surface area (Å²) in [5.74, 6) is 0.895. The summed E-state index contributed by atoms with van der Waals surface area (Å²) >= 11 is 0. The predicted octanol–water partition coefficient (Wildman–Crippen LogP) is 20.6. The summed E-state index contributed by atoms with van der Waals surface area (Å²) in [4.78, 5) is 4.91. The molecule has 0 heterocycles. The molecule has 0 amide bonds. The Morgan fingerprint density at radius 1 is 0.264 bits per heavy atom. The van der Waals surface area contributed by atoms with Crippen molar-refractivity contribution in [3.05, 3.63) is 241 Å². The number of fused-ring (bicyclic) bond motifs is 6. The molecule has 0 N–H and O–H groups in total. The molecule has 0 bridgehead atoms. The molecule has 0 aliphatic carbocycles. The maximum absolute atomic E-state index is 2.46. The molecule has 2 nitrogen and oxygen atoms in total. The molecular formula is C70H56N2. The molecule has 0 aliphatic heterocycles. The Balaban J connectivity index is 1.16. The maximum Gasteiger partial charge on any atom is 0.0540 e. The van der Waals surface area contributed by atoms with E-state index in [0.29, 0.717) is 11.8 Å². The Kier molecular flexibility index (Phi) is 10.4. The topological polar surface area (TPSA) is 6.48 Å². The molecule has 13 rings (SSSR count). The highest BCUT2D eigenvalue weighted by atomic mass is 15.1. The first-order valence-corrected chi connectivity index (χ1v) is 25.6. The summed E-state index contributed by atoms with van der Waals surface area (Å²) in [5.41, 5.74) is 17.1. The van der Waals surface area contributed by atoms with Gasteiger partial charge in [-0.1, -0.05) is 197 Å². The highest BCUT2D eigenvalue weighted by molar-refractivity contribution is 6.47. The van der Waals surface area contributed by atoms with Gasteiger partial charge in [-0.2, -0.15) is 0 Å². The molecule has 13 aromatic rings. The molecule has 0 aliphatic rings. The molecule has 0 aromatic heterocycles. The van der Waals surface area contributed by atoms with Gasteiger partial charge in [0.25, 0.3) is 0 Å². The van der Waals surface area contributed by atoms with E-state index in [1.807, 2.05) is 0 Å². The van der Waals surface area contributed by atoms with Crippen molar-refractivity contribution in [2.75, 3.05) is 9.80 Å². The molecule has 72 heavy (non-hydrogen) atoms. The summed E-state index contributed by atoms with van der Waals surface area (Å²) in [6.45, 7) is 13.4. The molecule has 0 atom stereocenters. The lowest BCUT2D eigenvalue weighted by atomic mass is 9.87. The average molecular weight is 925 g/mol. The SMILES string of the molecule is Cc1ccc(N(c2ccc(C(C)C)cc2)c2ccc3c4c(-c5ccccc5)c5c6cccc7c(N(c8ccc(C)cc8)c8ccc(C(C)C)cc8)ccc(c5c(-c5ccccc5)c4c4cccc2c43)c76)cc1. The van der Waals surface area contributed by atoms with Crippen LogP contribution in [0.2, 0.25) is 0 Å². The number of aryl methyl sites for hydroxylation is 2. The molecule has 0 unspecified atom stereocenters. The van der Waals surface area contributed by atoms with E-state index in [9.17, 15) is 0 Å². The van der Waals surface area contributed by atoms with Gasteiger partial charge in [0.05, 0.1) is 11.4 Å². The van der Waals surface area contributed by atoms with Crippen molar-refractivity contribution in [1.82, 2.24) is 0 Å². The predicted molar refractivity (Wildman–Crippen MR) is 312 cm³/mol. The lowest BCUT2D eigenvalue weighted by Gasteiger charge is -2.27. The van der Waals surface area contributed by atoms with Crippen LogP contribution in [0.4, 0.5) is 34.1 Å². The summed E-state index contributed by atoms with van der Waals surface area (Å²) in [6, 6.07) is 82.4. The van der Waals surface area contributed by atoms with Crippen LogP contribution >= 0.6 is 0 Å². The van der Waals surface area contributed by atoms with Crippen molar-refractivity contribution in [3.63, 3.8) is 0 Å². The molecule has 0 saturated heterocycles. The second-order valence-electron chi connectivity index (χ2n) is 20.5. The molecular weight excluding hydrogens is 869 g/mol. The Morgan fingerprint density at radius 2 is 0.569 bits per heavy atom. The van der Waals surface area contributed by atoms with Crippen LogP contribution in [0.5, 0.6) is 0 Å². The first-order valence-electron chi connectivity index (χ1n) is 25.6. The molecule has 0 fully saturated rings. The minimum absolute atomic E-state index is 0.448. The van der Waals surface area contributed by atoms with Gasteiger partial charge in [-0.25, -0.2) is 0 Å². The third-order valence-corrected chi connectivity index (χ3v) is 15.4. The Bertz CT molecular complexity index is 3790.